The van der Waals surface area contributed by atoms with E-state index < -0.39 is 0 Å². The molecule has 0 unspecified atom stereocenters. The number of thiophene rings is 1. The maximum Gasteiger partial charge on any atom is 0.128 e. The number of benzene rings is 1. The summed E-state index contributed by atoms with van der Waals surface area (Å²) >= 11 is 5.14. The summed E-state index contributed by atoms with van der Waals surface area (Å²) in [5, 5.41) is 2.06. The number of rotatable bonds is 5. The lowest BCUT2D eigenvalue weighted by atomic mass is 10.1. The van der Waals surface area contributed by atoms with Gasteiger partial charge in [-0.2, -0.15) is 0 Å². The van der Waals surface area contributed by atoms with E-state index in [1.54, 1.807) is 11.3 Å². The van der Waals surface area contributed by atoms with Crippen molar-refractivity contribution in [2.45, 2.75) is 19.6 Å². The first-order chi connectivity index (χ1) is 9.08. The Labute approximate surface area is 125 Å². The van der Waals surface area contributed by atoms with Gasteiger partial charge < -0.3 is 5.73 Å². The van der Waals surface area contributed by atoms with Gasteiger partial charge >= 0.3 is 0 Å². The van der Waals surface area contributed by atoms with E-state index in [0.29, 0.717) is 18.7 Å². The van der Waals surface area contributed by atoms with Crippen molar-refractivity contribution in [3.05, 3.63) is 55.9 Å². The summed E-state index contributed by atoms with van der Waals surface area (Å²) in [6.07, 6.45) is 0. The quantitative estimate of drug-likeness (QED) is 0.896. The molecule has 2 aromatic rings. The van der Waals surface area contributed by atoms with Gasteiger partial charge in [0.1, 0.15) is 5.82 Å². The predicted molar refractivity (Wildman–Crippen MR) is 81.5 cm³/mol. The van der Waals surface area contributed by atoms with Crippen LogP contribution in [0.3, 0.4) is 0 Å². The zero-order valence-corrected chi connectivity index (χ0v) is 13.1. The minimum Gasteiger partial charge on any atom is -0.326 e. The second-order valence-corrected chi connectivity index (χ2v) is 6.44. The third kappa shape index (κ3) is 4.11. The normalized spacial score (nSPS) is 11.2. The van der Waals surface area contributed by atoms with Crippen LogP contribution in [0.25, 0.3) is 0 Å². The SMILES string of the molecule is CN(Cc1cc(Br)cs1)Cc1ccc(CN)cc1F. The number of nitrogens with two attached hydrogens (primary N) is 1. The zero-order chi connectivity index (χ0) is 13.8. The van der Waals surface area contributed by atoms with E-state index in [0.717, 1.165) is 16.6 Å². The molecule has 0 saturated heterocycles. The first kappa shape index (κ1) is 14.7. The van der Waals surface area contributed by atoms with Crippen molar-refractivity contribution in [1.29, 1.82) is 0 Å². The lowest BCUT2D eigenvalue weighted by Gasteiger charge is -2.16. The summed E-state index contributed by atoms with van der Waals surface area (Å²) in [5.41, 5.74) is 7.02. The Morgan fingerprint density at radius 1 is 1.32 bits per heavy atom. The van der Waals surface area contributed by atoms with Crippen LogP contribution in [0, 0.1) is 5.82 Å². The van der Waals surface area contributed by atoms with E-state index in [4.69, 9.17) is 5.73 Å². The third-order valence-electron chi connectivity index (χ3n) is 2.84. The molecule has 0 aliphatic heterocycles. The molecule has 102 valence electrons. The van der Waals surface area contributed by atoms with E-state index in [-0.39, 0.29) is 5.82 Å². The van der Waals surface area contributed by atoms with Gasteiger partial charge in [-0.25, -0.2) is 4.39 Å². The molecule has 19 heavy (non-hydrogen) atoms. The van der Waals surface area contributed by atoms with Crippen LogP contribution in [-0.2, 0) is 19.6 Å². The summed E-state index contributed by atoms with van der Waals surface area (Å²) in [7, 11) is 1.99. The van der Waals surface area contributed by atoms with Crippen LogP contribution in [0.5, 0.6) is 0 Å². The van der Waals surface area contributed by atoms with Gasteiger partial charge in [0.25, 0.3) is 0 Å². The Kier molecular flexibility index (Phi) is 5.10. The van der Waals surface area contributed by atoms with Crippen LogP contribution < -0.4 is 5.73 Å². The molecule has 2 rings (SSSR count). The van der Waals surface area contributed by atoms with Gasteiger partial charge in [0.05, 0.1) is 0 Å². The highest BCUT2D eigenvalue weighted by atomic mass is 79.9. The fraction of sp³-hybridized carbons (Fsp3) is 0.286. The second-order valence-electron chi connectivity index (χ2n) is 4.53. The molecule has 0 fully saturated rings. The lowest BCUT2D eigenvalue weighted by molar-refractivity contribution is 0.316. The molecule has 2 N–H and O–H groups in total. The van der Waals surface area contributed by atoms with Crippen molar-refractivity contribution in [2.24, 2.45) is 5.73 Å². The Balaban J connectivity index is 2.00. The number of nitrogens with zero attached hydrogens (tertiary/aromatic N) is 1. The molecule has 0 bridgehead atoms. The maximum atomic E-state index is 13.9. The molecule has 0 spiro atoms. The molecule has 5 heteroatoms. The fourth-order valence-corrected chi connectivity index (χ4v) is 3.43. The summed E-state index contributed by atoms with van der Waals surface area (Å²) in [5.74, 6) is -0.179. The summed E-state index contributed by atoms with van der Waals surface area (Å²) in [6.45, 7) is 1.77. The number of halogens is 2. The number of hydrogen-bond acceptors (Lipinski definition) is 3. The topological polar surface area (TPSA) is 29.3 Å². The summed E-state index contributed by atoms with van der Waals surface area (Å²) < 4.78 is 14.9. The molecule has 0 aliphatic rings. The third-order valence-corrected chi connectivity index (χ3v) is 4.52. The Morgan fingerprint density at radius 2 is 2.11 bits per heavy atom. The van der Waals surface area contributed by atoms with Gasteiger partial charge in [0.2, 0.25) is 0 Å². The Hall–Kier alpha value is -0.750. The molecule has 0 radical (unpaired) electrons. The van der Waals surface area contributed by atoms with Crippen LogP contribution in [0.4, 0.5) is 4.39 Å². The van der Waals surface area contributed by atoms with Crippen LogP contribution in [0.1, 0.15) is 16.0 Å². The van der Waals surface area contributed by atoms with Crippen molar-refractivity contribution in [3.8, 4) is 0 Å². The molecule has 1 heterocycles. The highest BCUT2D eigenvalue weighted by Gasteiger charge is 2.08. The average molecular weight is 343 g/mol. The van der Waals surface area contributed by atoms with Gasteiger partial charge in [0.15, 0.2) is 0 Å². The van der Waals surface area contributed by atoms with Gasteiger partial charge in [-0.15, -0.1) is 11.3 Å². The van der Waals surface area contributed by atoms with Crippen molar-refractivity contribution in [3.63, 3.8) is 0 Å². The highest BCUT2D eigenvalue weighted by Crippen LogP contribution is 2.21. The first-order valence-electron chi connectivity index (χ1n) is 5.97. The standard InChI is InChI=1S/C14H16BrFN2S/c1-18(8-13-5-12(15)9-19-13)7-11-3-2-10(6-17)4-14(11)16/h2-5,9H,6-8,17H2,1H3. The minimum atomic E-state index is -0.179. The fourth-order valence-electron chi connectivity index (χ4n) is 1.90. The maximum absolute atomic E-state index is 13.9. The molecule has 0 saturated carbocycles. The summed E-state index contributed by atoms with van der Waals surface area (Å²) in [4.78, 5) is 3.35. The van der Waals surface area contributed by atoms with E-state index >= 15 is 0 Å². The van der Waals surface area contributed by atoms with Crippen molar-refractivity contribution in [2.75, 3.05) is 7.05 Å². The average Bonchev–Trinajstić information content (AvgIpc) is 2.77. The van der Waals surface area contributed by atoms with E-state index in [2.05, 4.69) is 32.3 Å². The molecular weight excluding hydrogens is 327 g/mol. The monoisotopic (exact) mass is 342 g/mol. The lowest BCUT2D eigenvalue weighted by Crippen LogP contribution is -2.17. The summed E-state index contributed by atoms with van der Waals surface area (Å²) in [6, 6.07) is 7.31. The van der Waals surface area contributed by atoms with Crippen molar-refractivity contribution in [1.82, 2.24) is 4.90 Å². The van der Waals surface area contributed by atoms with Gasteiger partial charge in [0, 0.05) is 39.9 Å². The second kappa shape index (κ2) is 6.61. The van der Waals surface area contributed by atoms with Crippen LogP contribution in [0.15, 0.2) is 34.1 Å². The van der Waals surface area contributed by atoms with Crippen molar-refractivity contribution >= 4 is 27.3 Å². The largest absolute Gasteiger partial charge is 0.326 e. The van der Waals surface area contributed by atoms with E-state index in [9.17, 15) is 4.39 Å². The molecule has 1 aromatic carbocycles. The predicted octanol–water partition coefficient (Wildman–Crippen LogP) is 3.74. The van der Waals surface area contributed by atoms with Crippen LogP contribution in [0.2, 0.25) is 0 Å². The van der Waals surface area contributed by atoms with Gasteiger partial charge in [-0.1, -0.05) is 12.1 Å². The van der Waals surface area contributed by atoms with Crippen LogP contribution >= 0.6 is 27.3 Å². The highest BCUT2D eigenvalue weighted by molar-refractivity contribution is 9.10. The molecule has 0 amide bonds. The Bertz CT molecular complexity index is 556. The molecule has 1 aromatic heterocycles. The van der Waals surface area contributed by atoms with Crippen molar-refractivity contribution < 1.29 is 4.39 Å². The molecule has 2 nitrogen and oxygen atoms in total. The molecular formula is C14H16BrFN2S. The van der Waals surface area contributed by atoms with Gasteiger partial charge in [-0.3, -0.25) is 4.90 Å². The van der Waals surface area contributed by atoms with E-state index in [1.807, 2.05) is 19.2 Å². The smallest absolute Gasteiger partial charge is 0.128 e. The first-order valence-corrected chi connectivity index (χ1v) is 7.64. The number of hydrogen-bond donors (Lipinski definition) is 1. The Morgan fingerprint density at radius 3 is 2.68 bits per heavy atom. The van der Waals surface area contributed by atoms with Gasteiger partial charge in [-0.05, 0) is 40.7 Å². The zero-order valence-electron chi connectivity index (χ0n) is 10.7. The minimum absolute atomic E-state index is 0.179. The van der Waals surface area contributed by atoms with E-state index in [1.165, 1.54) is 10.9 Å². The van der Waals surface area contributed by atoms with Crippen LogP contribution in [-0.4, -0.2) is 11.9 Å². The molecule has 0 aliphatic carbocycles. The molecule has 0 atom stereocenters.